The Morgan fingerprint density at radius 2 is 1.76 bits per heavy atom. The number of carbonyl (C=O) groups excluding carboxylic acids is 1. The van der Waals surface area contributed by atoms with Crippen LogP contribution >= 0.6 is 0 Å². The van der Waals surface area contributed by atoms with Crippen LogP contribution in [0, 0.1) is 11.8 Å². The average Bonchev–Trinajstić information content (AvgIpc) is 2.85. The summed E-state index contributed by atoms with van der Waals surface area (Å²) in [5.74, 6) is 0.275. The Balaban J connectivity index is 1.82. The summed E-state index contributed by atoms with van der Waals surface area (Å²) in [6, 6.07) is 0. The monoisotopic (exact) mass is 295 g/mol. The maximum Gasteiger partial charge on any atom is 0.238 e. The van der Waals surface area contributed by atoms with Crippen LogP contribution in [-0.4, -0.2) is 35.0 Å². The quantitative estimate of drug-likeness (QED) is 0.641. The number of carbonyl (C=O) groups is 1. The van der Waals surface area contributed by atoms with E-state index in [0.29, 0.717) is 11.8 Å². The minimum atomic E-state index is -0.702. The Labute approximate surface area is 129 Å². The maximum atomic E-state index is 11.5. The minimum Gasteiger partial charge on any atom is -0.368 e. The molecule has 0 aromatic heterocycles. The van der Waals surface area contributed by atoms with E-state index in [0.717, 1.165) is 19.5 Å². The second kappa shape index (κ2) is 6.25. The van der Waals surface area contributed by atoms with Gasteiger partial charge in [0, 0.05) is 30.5 Å². The highest BCUT2D eigenvalue weighted by atomic mass is 16.1. The maximum absolute atomic E-state index is 11.5. The van der Waals surface area contributed by atoms with Crippen molar-refractivity contribution in [3.63, 3.8) is 0 Å². The summed E-state index contributed by atoms with van der Waals surface area (Å²) in [6.07, 6.45) is 9.06. The van der Waals surface area contributed by atoms with Crippen molar-refractivity contribution in [1.29, 1.82) is 0 Å². The normalized spacial score (nSPS) is 34.5. The fraction of sp³-hybridized carbons (Fsp3) is 0.941. The number of piperidine rings is 1. The van der Waals surface area contributed by atoms with Crippen molar-refractivity contribution >= 4 is 5.91 Å². The van der Waals surface area contributed by atoms with E-state index in [9.17, 15) is 4.79 Å². The van der Waals surface area contributed by atoms with E-state index in [1.54, 1.807) is 0 Å². The summed E-state index contributed by atoms with van der Waals surface area (Å²) in [7, 11) is 0. The molecule has 4 heteroatoms. The molecule has 1 amide bonds. The summed E-state index contributed by atoms with van der Waals surface area (Å²) in [6.45, 7) is 8.80. The molecule has 0 aromatic rings. The topological polar surface area (TPSA) is 72.3 Å². The summed E-state index contributed by atoms with van der Waals surface area (Å²) in [4.78, 5) is 14.0. The Kier molecular flexibility index (Phi) is 4.99. The predicted molar refractivity (Wildman–Crippen MR) is 86.7 cm³/mol. The standard InChI is InChI=1S/C17H33N3O/c1-4-6-7-8-9-10-16(3,5-2)20-11-13-14(12-20)17(13,19)15(18)21/h13-14H,4-12,19H2,1-3H3,(H2,18,21)/t13-,14+,16?,17?. The van der Waals surface area contributed by atoms with Gasteiger partial charge < -0.3 is 11.5 Å². The lowest BCUT2D eigenvalue weighted by atomic mass is 9.88. The van der Waals surface area contributed by atoms with Gasteiger partial charge in [-0.3, -0.25) is 9.69 Å². The van der Waals surface area contributed by atoms with Crippen LogP contribution in [0.3, 0.4) is 0 Å². The lowest BCUT2D eigenvalue weighted by Crippen LogP contribution is -2.52. The van der Waals surface area contributed by atoms with Gasteiger partial charge in [-0.25, -0.2) is 0 Å². The van der Waals surface area contributed by atoms with Gasteiger partial charge in [-0.2, -0.15) is 0 Å². The summed E-state index contributed by atoms with van der Waals surface area (Å²) in [5.41, 5.74) is 11.2. The zero-order chi connectivity index (χ0) is 15.7. The first-order chi connectivity index (χ1) is 9.90. The number of nitrogens with two attached hydrogens (primary N) is 2. The number of rotatable bonds is 9. The molecule has 2 unspecified atom stereocenters. The molecular weight excluding hydrogens is 262 g/mol. The van der Waals surface area contributed by atoms with Crippen molar-refractivity contribution in [3.05, 3.63) is 0 Å². The van der Waals surface area contributed by atoms with E-state index < -0.39 is 5.54 Å². The third-order valence-electron chi connectivity index (χ3n) is 6.21. The predicted octanol–water partition coefficient (Wildman–Crippen LogP) is 2.26. The van der Waals surface area contributed by atoms with Crippen molar-refractivity contribution in [1.82, 2.24) is 4.90 Å². The van der Waals surface area contributed by atoms with E-state index in [1.807, 2.05) is 0 Å². The van der Waals surface area contributed by atoms with Crippen LogP contribution in [0.1, 0.15) is 65.7 Å². The molecule has 1 saturated heterocycles. The van der Waals surface area contributed by atoms with E-state index in [1.165, 1.54) is 38.5 Å². The number of fused-ring (bicyclic) bond motifs is 1. The molecule has 2 aliphatic rings. The van der Waals surface area contributed by atoms with Crippen molar-refractivity contribution in [2.45, 2.75) is 76.8 Å². The number of amides is 1. The van der Waals surface area contributed by atoms with Gasteiger partial charge in [0.05, 0.1) is 0 Å². The highest BCUT2D eigenvalue weighted by molar-refractivity contribution is 5.89. The van der Waals surface area contributed by atoms with Gasteiger partial charge in [0.2, 0.25) is 5.91 Å². The number of primary amides is 1. The smallest absolute Gasteiger partial charge is 0.238 e. The van der Waals surface area contributed by atoms with Gasteiger partial charge in [-0.15, -0.1) is 0 Å². The number of nitrogens with zero attached hydrogens (tertiary/aromatic N) is 1. The van der Waals surface area contributed by atoms with E-state index in [4.69, 9.17) is 11.5 Å². The zero-order valence-corrected chi connectivity index (χ0v) is 14.0. The number of unbranched alkanes of at least 4 members (excludes halogenated alkanes) is 4. The van der Waals surface area contributed by atoms with Gasteiger partial charge in [-0.05, 0) is 19.8 Å². The summed E-state index contributed by atoms with van der Waals surface area (Å²) >= 11 is 0. The lowest BCUT2D eigenvalue weighted by Gasteiger charge is -2.40. The molecule has 4 atom stereocenters. The SMILES string of the molecule is CCCCCCCC(C)(CC)N1C[C@@H]2[C@H](C1)C2(N)C(N)=O. The molecule has 0 spiro atoms. The second-order valence-electron chi connectivity index (χ2n) is 7.43. The molecule has 1 aliphatic heterocycles. The van der Waals surface area contributed by atoms with Gasteiger partial charge >= 0.3 is 0 Å². The largest absolute Gasteiger partial charge is 0.368 e. The Hall–Kier alpha value is -0.610. The lowest BCUT2D eigenvalue weighted by molar-refractivity contribution is -0.121. The third kappa shape index (κ3) is 2.98. The van der Waals surface area contributed by atoms with Crippen LogP contribution in [0.2, 0.25) is 0 Å². The molecule has 4 N–H and O–H groups in total. The van der Waals surface area contributed by atoms with Crippen LogP contribution in [0.5, 0.6) is 0 Å². The fourth-order valence-corrected chi connectivity index (χ4v) is 4.14. The molecular formula is C17H33N3O. The Morgan fingerprint density at radius 1 is 1.19 bits per heavy atom. The first kappa shape index (κ1) is 16.8. The molecule has 0 aromatic carbocycles. The van der Waals surface area contributed by atoms with Crippen molar-refractivity contribution in [3.8, 4) is 0 Å². The van der Waals surface area contributed by atoms with Crippen LogP contribution < -0.4 is 11.5 Å². The fourth-order valence-electron chi connectivity index (χ4n) is 4.14. The van der Waals surface area contributed by atoms with E-state index >= 15 is 0 Å². The van der Waals surface area contributed by atoms with Crippen LogP contribution in [-0.2, 0) is 4.79 Å². The molecule has 0 radical (unpaired) electrons. The summed E-state index contributed by atoms with van der Waals surface area (Å²) in [5, 5.41) is 0. The molecule has 122 valence electrons. The average molecular weight is 295 g/mol. The molecule has 2 fully saturated rings. The Morgan fingerprint density at radius 3 is 2.24 bits per heavy atom. The third-order valence-corrected chi connectivity index (χ3v) is 6.21. The van der Waals surface area contributed by atoms with Gasteiger partial charge in [-0.1, -0.05) is 46.0 Å². The molecule has 1 heterocycles. The van der Waals surface area contributed by atoms with Gasteiger partial charge in [0.25, 0.3) is 0 Å². The molecule has 4 nitrogen and oxygen atoms in total. The molecule has 0 bridgehead atoms. The second-order valence-corrected chi connectivity index (χ2v) is 7.43. The first-order valence-electron chi connectivity index (χ1n) is 8.74. The number of hydrogen-bond acceptors (Lipinski definition) is 3. The van der Waals surface area contributed by atoms with E-state index in [-0.39, 0.29) is 11.4 Å². The van der Waals surface area contributed by atoms with Crippen molar-refractivity contribution < 1.29 is 4.79 Å². The first-order valence-corrected chi connectivity index (χ1v) is 8.74. The van der Waals surface area contributed by atoms with Gasteiger partial charge in [0.15, 0.2) is 0 Å². The van der Waals surface area contributed by atoms with E-state index in [2.05, 4.69) is 25.7 Å². The molecule has 21 heavy (non-hydrogen) atoms. The van der Waals surface area contributed by atoms with Crippen molar-refractivity contribution in [2.75, 3.05) is 13.1 Å². The van der Waals surface area contributed by atoms with Gasteiger partial charge in [0.1, 0.15) is 5.54 Å². The minimum absolute atomic E-state index is 0.262. The van der Waals surface area contributed by atoms with Crippen LogP contribution in [0.25, 0.3) is 0 Å². The number of likely N-dealkylation sites (tertiary alicyclic amines) is 1. The Bertz CT molecular complexity index is 372. The van der Waals surface area contributed by atoms with Crippen LogP contribution in [0.15, 0.2) is 0 Å². The summed E-state index contributed by atoms with van der Waals surface area (Å²) < 4.78 is 0. The van der Waals surface area contributed by atoms with Crippen LogP contribution in [0.4, 0.5) is 0 Å². The molecule has 1 saturated carbocycles. The highest BCUT2D eigenvalue weighted by Gasteiger charge is 2.70. The zero-order valence-electron chi connectivity index (χ0n) is 14.0. The molecule has 2 rings (SSSR count). The number of hydrogen-bond donors (Lipinski definition) is 2. The van der Waals surface area contributed by atoms with Crippen molar-refractivity contribution in [2.24, 2.45) is 23.3 Å². The molecule has 1 aliphatic carbocycles. The highest BCUT2D eigenvalue weighted by Crippen LogP contribution is 2.55.